The second kappa shape index (κ2) is 3.78. The predicted octanol–water partition coefficient (Wildman–Crippen LogP) is 2.46. The van der Waals surface area contributed by atoms with Crippen molar-refractivity contribution in [1.82, 2.24) is 0 Å². The van der Waals surface area contributed by atoms with Crippen LogP contribution in [0.1, 0.15) is 24.9 Å². The van der Waals surface area contributed by atoms with E-state index in [1.165, 1.54) is 0 Å². The van der Waals surface area contributed by atoms with Crippen LogP contribution in [0.2, 0.25) is 5.02 Å². The maximum Gasteiger partial charge on any atom is 0.134 e. The van der Waals surface area contributed by atoms with Gasteiger partial charge >= 0.3 is 0 Å². The van der Waals surface area contributed by atoms with Gasteiger partial charge in [0.25, 0.3) is 0 Å². The highest BCUT2D eigenvalue weighted by Crippen LogP contribution is 2.26. The van der Waals surface area contributed by atoms with Crippen molar-refractivity contribution in [1.29, 1.82) is 0 Å². The van der Waals surface area contributed by atoms with E-state index in [1.54, 1.807) is 18.2 Å². The van der Waals surface area contributed by atoms with Crippen molar-refractivity contribution < 1.29 is 5.11 Å². The Morgan fingerprint density at radius 2 is 2.25 bits per heavy atom. The molecule has 1 rings (SSSR count). The predicted molar refractivity (Wildman–Crippen MR) is 50.3 cm³/mol. The van der Waals surface area contributed by atoms with Crippen LogP contribution in [0, 0.1) is 0 Å². The molecule has 0 aromatic heterocycles. The molecule has 1 atom stereocenters. The van der Waals surface area contributed by atoms with Gasteiger partial charge in [0.2, 0.25) is 0 Å². The van der Waals surface area contributed by atoms with Crippen molar-refractivity contribution in [3.05, 3.63) is 28.8 Å². The number of hydrogen-bond acceptors (Lipinski definition) is 2. The Bertz CT molecular complexity index is 275. The van der Waals surface area contributed by atoms with Crippen molar-refractivity contribution in [2.75, 3.05) is 0 Å². The number of aromatic hydroxyl groups is 1. The lowest BCUT2D eigenvalue weighted by Gasteiger charge is -2.09. The molecule has 0 radical (unpaired) electrons. The van der Waals surface area contributed by atoms with E-state index in [2.05, 4.69) is 0 Å². The molecular weight excluding hydrogens is 174 g/mol. The minimum absolute atomic E-state index is 0.00287. The Kier molecular flexibility index (Phi) is 2.95. The van der Waals surface area contributed by atoms with Gasteiger partial charge in [-0.2, -0.15) is 0 Å². The van der Waals surface area contributed by atoms with Gasteiger partial charge < -0.3 is 10.8 Å². The lowest BCUT2D eigenvalue weighted by atomic mass is 10.1. The van der Waals surface area contributed by atoms with Gasteiger partial charge in [-0.3, -0.25) is 0 Å². The van der Waals surface area contributed by atoms with Crippen LogP contribution in [0.15, 0.2) is 18.2 Å². The number of rotatable bonds is 2. The highest BCUT2D eigenvalue weighted by molar-refractivity contribution is 6.32. The molecule has 0 heterocycles. The molecule has 1 aromatic carbocycles. The zero-order valence-electron chi connectivity index (χ0n) is 6.92. The Labute approximate surface area is 77.0 Å². The first-order valence-corrected chi connectivity index (χ1v) is 4.27. The maximum atomic E-state index is 9.13. The summed E-state index contributed by atoms with van der Waals surface area (Å²) in [6.07, 6.45) is 0.862. The number of benzene rings is 1. The lowest BCUT2D eigenvalue weighted by molar-refractivity contribution is 0.475. The van der Waals surface area contributed by atoms with Crippen molar-refractivity contribution in [2.24, 2.45) is 5.73 Å². The average molecular weight is 186 g/mol. The average Bonchev–Trinajstić information content (AvgIpc) is 2.08. The Hall–Kier alpha value is -0.730. The molecule has 0 saturated carbocycles. The summed E-state index contributed by atoms with van der Waals surface area (Å²) in [5.74, 6) is 0.101. The Balaban J connectivity index is 2.96. The minimum Gasteiger partial charge on any atom is -0.506 e. The number of phenolic OH excluding ortho intramolecular Hbond substituents is 1. The molecule has 0 aliphatic heterocycles. The standard InChI is InChI=1S/C9H12ClNO/c1-2-8(11)6-3-4-9(12)7(10)5-6/h3-5,8,12H,2,11H2,1H3/t8-/m0/s1. The summed E-state index contributed by atoms with van der Waals surface area (Å²) in [5.41, 5.74) is 6.73. The van der Waals surface area contributed by atoms with Crippen molar-refractivity contribution in [2.45, 2.75) is 19.4 Å². The summed E-state index contributed by atoms with van der Waals surface area (Å²) in [6, 6.07) is 5.05. The Morgan fingerprint density at radius 3 is 2.75 bits per heavy atom. The zero-order chi connectivity index (χ0) is 9.14. The van der Waals surface area contributed by atoms with E-state index >= 15 is 0 Å². The molecule has 0 unspecified atom stereocenters. The van der Waals surface area contributed by atoms with Crippen molar-refractivity contribution in [3.63, 3.8) is 0 Å². The smallest absolute Gasteiger partial charge is 0.134 e. The Morgan fingerprint density at radius 1 is 1.58 bits per heavy atom. The largest absolute Gasteiger partial charge is 0.506 e. The van der Waals surface area contributed by atoms with E-state index in [-0.39, 0.29) is 11.8 Å². The summed E-state index contributed by atoms with van der Waals surface area (Å²) < 4.78 is 0. The zero-order valence-corrected chi connectivity index (χ0v) is 7.67. The fourth-order valence-electron chi connectivity index (χ4n) is 0.989. The molecule has 0 saturated heterocycles. The number of phenols is 1. The number of halogens is 1. The quantitative estimate of drug-likeness (QED) is 0.744. The number of hydrogen-bond donors (Lipinski definition) is 2. The van der Waals surface area contributed by atoms with Crippen LogP contribution in [0.5, 0.6) is 5.75 Å². The molecular formula is C9H12ClNO. The maximum absolute atomic E-state index is 9.13. The van der Waals surface area contributed by atoms with E-state index in [9.17, 15) is 0 Å². The fourth-order valence-corrected chi connectivity index (χ4v) is 1.18. The first kappa shape index (κ1) is 9.36. The number of nitrogens with two attached hydrogens (primary N) is 1. The topological polar surface area (TPSA) is 46.2 Å². The van der Waals surface area contributed by atoms with Crippen molar-refractivity contribution >= 4 is 11.6 Å². The third-order valence-electron chi connectivity index (χ3n) is 1.84. The summed E-state index contributed by atoms with van der Waals surface area (Å²) in [6.45, 7) is 2.01. The molecule has 3 N–H and O–H groups in total. The second-order valence-electron chi connectivity index (χ2n) is 2.73. The normalized spacial score (nSPS) is 12.9. The highest BCUT2D eigenvalue weighted by atomic mass is 35.5. The lowest BCUT2D eigenvalue weighted by Crippen LogP contribution is -2.08. The van der Waals surface area contributed by atoms with Crippen molar-refractivity contribution in [3.8, 4) is 5.75 Å². The molecule has 1 aromatic rings. The van der Waals surface area contributed by atoms with Gasteiger partial charge in [-0.05, 0) is 24.1 Å². The van der Waals surface area contributed by atoms with Gasteiger partial charge in [0.05, 0.1) is 5.02 Å². The molecule has 2 nitrogen and oxygen atoms in total. The fraction of sp³-hybridized carbons (Fsp3) is 0.333. The van der Waals surface area contributed by atoms with Gasteiger partial charge in [-0.25, -0.2) is 0 Å². The van der Waals surface area contributed by atoms with E-state index in [4.69, 9.17) is 22.4 Å². The first-order valence-electron chi connectivity index (χ1n) is 3.89. The molecule has 0 spiro atoms. The third-order valence-corrected chi connectivity index (χ3v) is 2.14. The minimum atomic E-state index is 0.00287. The first-order chi connectivity index (χ1) is 5.65. The second-order valence-corrected chi connectivity index (χ2v) is 3.13. The van der Waals surface area contributed by atoms with Gasteiger partial charge in [-0.1, -0.05) is 24.6 Å². The summed E-state index contributed by atoms with van der Waals surface area (Å²) in [4.78, 5) is 0. The molecule has 12 heavy (non-hydrogen) atoms. The molecule has 0 amide bonds. The van der Waals surface area contributed by atoms with Crippen LogP contribution in [0.4, 0.5) is 0 Å². The molecule has 0 aliphatic carbocycles. The van der Waals surface area contributed by atoms with E-state index in [0.717, 1.165) is 12.0 Å². The summed E-state index contributed by atoms with van der Waals surface area (Å²) >= 11 is 5.71. The van der Waals surface area contributed by atoms with Gasteiger partial charge in [0.15, 0.2) is 0 Å². The SMILES string of the molecule is CC[C@H](N)c1ccc(O)c(Cl)c1. The molecule has 66 valence electrons. The monoisotopic (exact) mass is 185 g/mol. The summed E-state index contributed by atoms with van der Waals surface area (Å²) in [5, 5.41) is 9.48. The molecule has 0 bridgehead atoms. The molecule has 0 fully saturated rings. The van der Waals surface area contributed by atoms with Gasteiger partial charge in [0.1, 0.15) is 5.75 Å². The van der Waals surface area contributed by atoms with E-state index in [1.807, 2.05) is 6.92 Å². The van der Waals surface area contributed by atoms with Crippen LogP contribution < -0.4 is 5.73 Å². The van der Waals surface area contributed by atoms with Gasteiger partial charge in [0, 0.05) is 6.04 Å². The van der Waals surface area contributed by atoms with Crippen LogP contribution in [-0.2, 0) is 0 Å². The van der Waals surface area contributed by atoms with E-state index in [0.29, 0.717) is 5.02 Å². The molecule has 0 aliphatic rings. The van der Waals surface area contributed by atoms with Crippen LogP contribution in [0.25, 0.3) is 0 Å². The van der Waals surface area contributed by atoms with Crippen LogP contribution in [-0.4, -0.2) is 5.11 Å². The third kappa shape index (κ3) is 1.90. The van der Waals surface area contributed by atoms with Gasteiger partial charge in [-0.15, -0.1) is 0 Å². The van der Waals surface area contributed by atoms with E-state index < -0.39 is 0 Å². The van der Waals surface area contributed by atoms with Crippen LogP contribution in [0.3, 0.4) is 0 Å². The van der Waals surface area contributed by atoms with Crippen LogP contribution >= 0.6 is 11.6 Å². The summed E-state index contributed by atoms with van der Waals surface area (Å²) in [7, 11) is 0. The molecule has 3 heteroatoms. The highest BCUT2D eigenvalue weighted by Gasteiger charge is 2.05.